The highest BCUT2D eigenvalue weighted by Crippen LogP contribution is 2.21. The Morgan fingerprint density at radius 3 is 2.10 bits per heavy atom. The average Bonchev–Trinajstić information content (AvgIpc) is 3.04. The summed E-state index contributed by atoms with van der Waals surface area (Å²) in [6, 6.07) is 19.6. The summed E-state index contributed by atoms with van der Waals surface area (Å²) >= 11 is 0. The minimum absolute atomic E-state index is 0.433. The van der Waals surface area contributed by atoms with Crippen LogP contribution in [0.3, 0.4) is 0 Å². The molecule has 2 aromatic carbocycles. The largest absolute Gasteiger partial charge is 0.277 e. The molecule has 0 saturated heterocycles. The lowest BCUT2D eigenvalue weighted by Crippen LogP contribution is -2.03. The lowest BCUT2D eigenvalue weighted by molar-refractivity contribution is 0.812. The molecule has 4 aromatic rings. The molecule has 6 heteroatoms. The van der Waals surface area contributed by atoms with Gasteiger partial charge in [-0.25, -0.2) is 4.98 Å². The van der Waals surface area contributed by atoms with Gasteiger partial charge in [-0.2, -0.15) is 9.50 Å². The smallest absolute Gasteiger partial charge is 0.208 e. The molecule has 0 amide bonds. The van der Waals surface area contributed by atoms with Gasteiger partial charge in [-0.3, -0.25) is 0 Å². The molecule has 2 heterocycles. The summed E-state index contributed by atoms with van der Waals surface area (Å²) in [5.74, 6) is 1.71. The summed E-state index contributed by atoms with van der Waals surface area (Å²) in [4.78, 5) is 9.03. The quantitative estimate of drug-likeness (QED) is 0.560. The van der Waals surface area contributed by atoms with Gasteiger partial charge in [-0.1, -0.05) is 65.8 Å². The highest BCUT2D eigenvalue weighted by molar-refractivity contribution is 5.63. The number of nitrogens with zero attached hydrogens (tertiary/aromatic N) is 6. The highest BCUT2D eigenvalue weighted by Gasteiger charge is 2.12. The second-order valence-electron chi connectivity index (χ2n) is 4.49. The third-order valence-electron chi connectivity index (χ3n) is 3.14. The highest BCUT2D eigenvalue weighted by atomic mass is 15.5. The van der Waals surface area contributed by atoms with Gasteiger partial charge in [0.1, 0.15) is 0 Å². The molecule has 0 radical (unpaired) electrons. The summed E-state index contributed by atoms with van der Waals surface area (Å²) in [6.07, 6.45) is 0. The summed E-state index contributed by atoms with van der Waals surface area (Å²) < 4.78 is 1.54. The first kappa shape index (κ1) is 11.7. The number of benzene rings is 2. The van der Waals surface area contributed by atoms with Gasteiger partial charge < -0.3 is 0 Å². The molecule has 0 saturated carbocycles. The van der Waals surface area contributed by atoms with Gasteiger partial charge >= 0.3 is 0 Å². The molecule has 0 fully saturated rings. The van der Waals surface area contributed by atoms with E-state index in [0.29, 0.717) is 17.4 Å². The Hall–Kier alpha value is -3.15. The van der Waals surface area contributed by atoms with E-state index >= 15 is 0 Å². The van der Waals surface area contributed by atoms with Crippen molar-refractivity contribution >= 4 is 5.78 Å². The molecule has 21 heavy (non-hydrogen) atoms. The van der Waals surface area contributed by atoms with Crippen molar-refractivity contribution in [3.05, 3.63) is 60.7 Å². The van der Waals surface area contributed by atoms with Gasteiger partial charge in [-0.05, 0) is 10.4 Å². The molecule has 0 aliphatic heterocycles. The van der Waals surface area contributed by atoms with Gasteiger partial charge in [0.05, 0.1) is 0 Å². The van der Waals surface area contributed by atoms with E-state index in [0.717, 1.165) is 11.1 Å². The molecule has 6 nitrogen and oxygen atoms in total. The van der Waals surface area contributed by atoms with E-state index in [9.17, 15) is 0 Å². The van der Waals surface area contributed by atoms with Crippen LogP contribution in [0.1, 0.15) is 0 Å². The minimum Gasteiger partial charge on any atom is -0.208 e. The average molecular weight is 274 g/mol. The maximum atomic E-state index is 4.62. The van der Waals surface area contributed by atoms with Gasteiger partial charge in [0, 0.05) is 11.1 Å². The summed E-state index contributed by atoms with van der Waals surface area (Å²) in [7, 11) is 0. The Morgan fingerprint density at radius 1 is 0.714 bits per heavy atom. The van der Waals surface area contributed by atoms with Gasteiger partial charge in [0.2, 0.25) is 0 Å². The van der Waals surface area contributed by atoms with Gasteiger partial charge in [0.25, 0.3) is 5.78 Å². The van der Waals surface area contributed by atoms with Crippen LogP contribution >= 0.6 is 0 Å². The van der Waals surface area contributed by atoms with Crippen LogP contribution in [0.2, 0.25) is 0 Å². The molecule has 0 unspecified atom stereocenters. The lowest BCUT2D eigenvalue weighted by Gasteiger charge is -2.05. The number of rotatable bonds is 2. The van der Waals surface area contributed by atoms with Crippen LogP contribution < -0.4 is 0 Å². The Morgan fingerprint density at radius 2 is 1.38 bits per heavy atom. The lowest BCUT2D eigenvalue weighted by atomic mass is 10.2. The van der Waals surface area contributed by atoms with Crippen molar-refractivity contribution in [3.63, 3.8) is 0 Å². The van der Waals surface area contributed by atoms with Crippen molar-refractivity contribution < 1.29 is 0 Å². The predicted octanol–water partition coefficient (Wildman–Crippen LogP) is 2.25. The first-order valence-electron chi connectivity index (χ1n) is 6.49. The fraction of sp³-hybridized carbons (Fsp3) is 0. The number of hydrogen-bond acceptors (Lipinski definition) is 5. The molecule has 0 aliphatic rings. The maximum absolute atomic E-state index is 4.62. The number of fused-ring (bicyclic) bond motifs is 1. The minimum atomic E-state index is 0.433. The number of aromatic nitrogens is 6. The molecule has 100 valence electrons. The van der Waals surface area contributed by atoms with E-state index in [2.05, 4.69) is 25.5 Å². The SMILES string of the molecule is c1ccc(-c2nc(-c3ccccc3)n3nnnc3n2)cc1. The predicted molar refractivity (Wildman–Crippen MR) is 77.2 cm³/mol. The van der Waals surface area contributed by atoms with E-state index in [-0.39, 0.29) is 0 Å². The molecule has 0 spiro atoms. The Labute approximate surface area is 120 Å². The standard InChI is InChI=1S/C15H10N6/c1-3-7-11(8-4-1)13-16-14(12-9-5-2-6-10-12)21-15(17-13)18-19-20-21/h1-10H. The summed E-state index contributed by atoms with van der Waals surface area (Å²) in [5.41, 5.74) is 1.87. The van der Waals surface area contributed by atoms with Gasteiger partial charge in [-0.15, -0.1) is 0 Å². The second kappa shape index (κ2) is 4.75. The van der Waals surface area contributed by atoms with Crippen LogP contribution in [-0.4, -0.2) is 30.0 Å². The molecule has 0 atom stereocenters. The number of tetrazole rings is 1. The molecule has 0 bridgehead atoms. The van der Waals surface area contributed by atoms with E-state index < -0.39 is 0 Å². The zero-order valence-electron chi connectivity index (χ0n) is 11.0. The van der Waals surface area contributed by atoms with Crippen molar-refractivity contribution in [2.45, 2.75) is 0 Å². The Bertz CT molecular complexity index is 886. The first-order chi connectivity index (χ1) is 10.4. The monoisotopic (exact) mass is 274 g/mol. The van der Waals surface area contributed by atoms with E-state index in [1.54, 1.807) is 4.52 Å². The fourth-order valence-electron chi connectivity index (χ4n) is 2.15. The van der Waals surface area contributed by atoms with E-state index in [4.69, 9.17) is 0 Å². The third kappa shape index (κ3) is 2.02. The van der Waals surface area contributed by atoms with Crippen molar-refractivity contribution in [1.82, 2.24) is 30.0 Å². The van der Waals surface area contributed by atoms with Crippen molar-refractivity contribution in [2.24, 2.45) is 0 Å². The summed E-state index contributed by atoms with van der Waals surface area (Å²) in [6.45, 7) is 0. The van der Waals surface area contributed by atoms with Crippen LogP contribution in [0.5, 0.6) is 0 Å². The van der Waals surface area contributed by atoms with Crippen LogP contribution in [0.25, 0.3) is 28.6 Å². The fourth-order valence-corrected chi connectivity index (χ4v) is 2.15. The summed E-state index contributed by atoms with van der Waals surface area (Å²) in [5, 5.41) is 11.6. The van der Waals surface area contributed by atoms with Gasteiger partial charge in [0.15, 0.2) is 11.6 Å². The van der Waals surface area contributed by atoms with Crippen LogP contribution in [-0.2, 0) is 0 Å². The van der Waals surface area contributed by atoms with Crippen LogP contribution in [0, 0.1) is 0 Å². The van der Waals surface area contributed by atoms with Crippen LogP contribution in [0.4, 0.5) is 0 Å². The number of hydrogen-bond donors (Lipinski definition) is 0. The Balaban J connectivity index is 2.00. The van der Waals surface area contributed by atoms with Crippen molar-refractivity contribution in [3.8, 4) is 22.8 Å². The Kier molecular flexibility index (Phi) is 2.64. The molecule has 2 aromatic heterocycles. The first-order valence-corrected chi connectivity index (χ1v) is 6.49. The molecular weight excluding hydrogens is 264 g/mol. The topological polar surface area (TPSA) is 68.9 Å². The molecular formula is C15H10N6. The second-order valence-corrected chi connectivity index (χ2v) is 4.49. The zero-order chi connectivity index (χ0) is 14.1. The van der Waals surface area contributed by atoms with Crippen molar-refractivity contribution in [2.75, 3.05) is 0 Å². The van der Waals surface area contributed by atoms with Crippen molar-refractivity contribution in [1.29, 1.82) is 0 Å². The normalized spacial score (nSPS) is 10.9. The van der Waals surface area contributed by atoms with E-state index in [1.165, 1.54) is 0 Å². The maximum Gasteiger partial charge on any atom is 0.277 e. The molecule has 0 N–H and O–H groups in total. The van der Waals surface area contributed by atoms with E-state index in [1.807, 2.05) is 60.7 Å². The third-order valence-corrected chi connectivity index (χ3v) is 3.14. The molecule has 0 aliphatic carbocycles. The zero-order valence-corrected chi connectivity index (χ0v) is 11.0. The molecule has 4 rings (SSSR count). The van der Waals surface area contributed by atoms with Crippen LogP contribution in [0.15, 0.2) is 60.7 Å².